The minimum absolute atomic E-state index is 0.105. The first-order valence-corrected chi connectivity index (χ1v) is 35.4. The second kappa shape index (κ2) is 40.1. The molecule has 0 aromatic heterocycles. The summed E-state index contributed by atoms with van der Waals surface area (Å²) < 4.78 is 120. The highest BCUT2D eigenvalue weighted by Gasteiger charge is 2.40. The quantitative estimate of drug-likeness (QED) is 0.0416. The van der Waals surface area contributed by atoms with Crippen LogP contribution in [-0.2, 0) is 85.1 Å². The van der Waals surface area contributed by atoms with Crippen molar-refractivity contribution in [2.24, 2.45) is 0 Å². The Bertz CT molecular complexity index is 2760. The molecule has 0 bridgehead atoms. The third-order valence-corrected chi connectivity index (χ3v) is 19.1. The maximum atomic E-state index is 13.0. The zero-order valence-electron chi connectivity index (χ0n) is 52.7. The molecule has 2 aliphatic heterocycles. The molecule has 0 saturated carbocycles. The smallest absolute Gasteiger partial charge is 0.240 e. The molecule has 2 saturated heterocycles. The Morgan fingerprint density at radius 2 is 0.681 bits per heavy atom. The van der Waals surface area contributed by atoms with Crippen LogP contribution in [0.4, 0.5) is 0 Å². The van der Waals surface area contributed by atoms with Gasteiger partial charge in [0.1, 0.15) is 23.7 Å². The number of rotatable bonds is 46. The third kappa shape index (κ3) is 24.9. The van der Waals surface area contributed by atoms with Crippen LogP contribution in [0.15, 0.2) is 107 Å². The molecule has 4 atom stereocenters. The van der Waals surface area contributed by atoms with Gasteiger partial charge in [-0.25, -0.2) is 26.3 Å². The van der Waals surface area contributed by atoms with E-state index in [0.29, 0.717) is 104 Å². The van der Waals surface area contributed by atoms with Gasteiger partial charge in [0.15, 0.2) is 0 Å². The highest BCUT2D eigenvalue weighted by molar-refractivity contribution is 7.89. The summed E-state index contributed by atoms with van der Waals surface area (Å²) in [6.07, 6.45) is 9.41. The molecule has 91 heavy (non-hydrogen) atoms. The fraction of sp³-hybridized carbons (Fsp3) is 0.606. The number of fused-ring (bicyclic) bond motifs is 2. The van der Waals surface area contributed by atoms with Crippen molar-refractivity contribution in [2.75, 3.05) is 171 Å². The summed E-state index contributed by atoms with van der Waals surface area (Å²) in [7, 11) is -7.48. The number of hydrogen-bond donors (Lipinski definition) is 4. The first kappa shape index (κ1) is 71.6. The monoisotopic (exact) mass is 1310 g/mol. The number of benzene rings is 4. The van der Waals surface area contributed by atoms with Crippen LogP contribution in [0.1, 0.15) is 85.8 Å². The molecular weight excluding hydrogens is 1210 g/mol. The molecule has 2 fully saturated rings. The molecule has 4 aromatic carbocycles. The first-order valence-electron chi connectivity index (χ1n) is 32.4. The number of likely N-dealkylation sites (tertiary alicyclic amines) is 2. The summed E-state index contributed by atoms with van der Waals surface area (Å²) in [6, 6.07) is 30.6. The average Bonchev–Trinajstić information content (AvgIpc) is 1.71. The van der Waals surface area contributed by atoms with Gasteiger partial charge >= 0.3 is 0 Å². The van der Waals surface area contributed by atoms with Crippen LogP contribution < -0.4 is 29.6 Å². The molecule has 0 unspecified atom stereocenters. The lowest BCUT2D eigenvalue weighted by Gasteiger charge is -2.35. The number of amides is 2. The van der Waals surface area contributed by atoms with Gasteiger partial charge in [0.2, 0.25) is 31.9 Å². The maximum absolute atomic E-state index is 13.0. The minimum atomic E-state index is -3.74. The predicted octanol–water partition coefficient (Wildman–Crippen LogP) is 5.17. The van der Waals surface area contributed by atoms with Gasteiger partial charge in [0.25, 0.3) is 0 Å². The number of sulfonamides is 2. The van der Waals surface area contributed by atoms with Crippen LogP contribution in [0.5, 0.6) is 11.5 Å². The SMILES string of the molecule is O=C(CCOCCOCCOCCOCCOCCC(=O)NCCOCCOCCNS(=O)(=O)c1ccc(O[C@H]2c3ccccc3C[C@@H]2N2CCCCC2)cc1)NCCOCCOCCNS(=O)(=O)c1ccc(O[C@H]2c3ccccc3C[C@@H]2N2CCCCC2)cc1. The van der Waals surface area contributed by atoms with Crippen molar-refractivity contribution in [1.29, 1.82) is 0 Å². The predicted molar refractivity (Wildman–Crippen MR) is 341 cm³/mol. The Morgan fingerprint density at radius 3 is 1.03 bits per heavy atom. The lowest BCUT2D eigenvalue weighted by molar-refractivity contribution is -0.123. The number of ether oxygens (including phenoxy) is 11. The van der Waals surface area contributed by atoms with Crippen molar-refractivity contribution in [3.8, 4) is 11.5 Å². The number of carbonyl (C=O) groups is 2. The molecule has 0 radical (unpaired) electrons. The standard InChI is InChI=1S/C66H96N6O17S2/c73-63(67-25-35-81-41-43-83-37-27-69-90(75,76)57-19-15-55(16-20-57)88-65-59-13-5-3-11-53(59)51-61(65)71-29-7-1-8-30-71)23-33-79-39-45-85-47-49-87-50-48-86-46-40-80-34-24-64(74)68-26-36-82-42-44-84-38-28-70-91(77,78)58-21-17-56(18-22-58)89-66-60-14-6-4-12-54(60)52-62(66)72-31-9-2-10-32-72/h3-6,11-22,61-62,65-66,69-70H,1-2,7-10,23-52H2,(H,67,73)(H,68,74)/t61-,62-,65-,66-/m0/s1. The van der Waals surface area contributed by atoms with Gasteiger partial charge in [-0.2, -0.15) is 0 Å². The Labute approximate surface area is 538 Å². The van der Waals surface area contributed by atoms with E-state index in [1.807, 2.05) is 12.1 Å². The fourth-order valence-corrected chi connectivity index (χ4v) is 13.5. The van der Waals surface area contributed by atoms with Gasteiger partial charge in [0.05, 0.1) is 141 Å². The molecule has 23 nitrogen and oxygen atoms in total. The van der Waals surface area contributed by atoms with E-state index in [9.17, 15) is 26.4 Å². The fourth-order valence-electron chi connectivity index (χ4n) is 11.5. The third-order valence-electron chi connectivity index (χ3n) is 16.2. The van der Waals surface area contributed by atoms with Gasteiger partial charge in [-0.05, 0) is 135 Å². The molecule has 2 heterocycles. The van der Waals surface area contributed by atoms with E-state index in [4.69, 9.17) is 52.1 Å². The van der Waals surface area contributed by atoms with E-state index in [1.165, 1.54) is 60.8 Å². The molecule has 4 aromatic rings. The lowest BCUT2D eigenvalue weighted by Crippen LogP contribution is -2.43. The van der Waals surface area contributed by atoms with Gasteiger partial charge < -0.3 is 62.7 Å². The molecule has 4 aliphatic rings. The molecular formula is C66H96N6O17S2. The Balaban J connectivity index is 0.513. The van der Waals surface area contributed by atoms with Crippen molar-refractivity contribution in [3.63, 3.8) is 0 Å². The molecule has 25 heteroatoms. The normalized spacial score (nSPS) is 18.6. The molecule has 4 N–H and O–H groups in total. The molecule has 504 valence electrons. The largest absolute Gasteiger partial charge is 0.484 e. The number of carbonyl (C=O) groups excluding carboxylic acids is 2. The molecule has 8 rings (SSSR count). The van der Waals surface area contributed by atoms with Crippen molar-refractivity contribution in [2.45, 2.75) is 98.3 Å². The summed E-state index contributed by atoms with van der Waals surface area (Å²) in [5.41, 5.74) is 5.02. The van der Waals surface area contributed by atoms with Gasteiger partial charge in [0, 0.05) is 39.0 Å². The maximum Gasteiger partial charge on any atom is 0.240 e. The van der Waals surface area contributed by atoms with Crippen molar-refractivity contribution in [1.82, 2.24) is 29.9 Å². The van der Waals surface area contributed by atoms with Gasteiger partial charge in [-0.15, -0.1) is 0 Å². The molecule has 2 aliphatic carbocycles. The van der Waals surface area contributed by atoms with E-state index in [-0.39, 0.29) is 111 Å². The summed E-state index contributed by atoms with van der Waals surface area (Å²) in [6.45, 7) is 10.8. The van der Waals surface area contributed by atoms with Crippen LogP contribution in [0.25, 0.3) is 0 Å². The van der Waals surface area contributed by atoms with E-state index in [1.54, 1.807) is 48.5 Å². The van der Waals surface area contributed by atoms with E-state index >= 15 is 0 Å². The zero-order chi connectivity index (χ0) is 63.6. The number of nitrogens with zero attached hydrogens (tertiary/aromatic N) is 2. The van der Waals surface area contributed by atoms with E-state index in [2.05, 4.69) is 66.3 Å². The molecule has 2 amide bonds. The highest BCUT2D eigenvalue weighted by atomic mass is 32.2. The summed E-state index contributed by atoms with van der Waals surface area (Å²) in [5.74, 6) is 0.966. The summed E-state index contributed by atoms with van der Waals surface area (Å²) in [4.78, 5) is 29.7. The lowest BCUT2D eigenvalue weighted by atomic mass is 10.0. The second-order valence-corrected chi connectivity index (χ2v) is 26.2. The highest BCUT2D eigenvalue weighted by Crippen LogP contribution is 2.41. The van der Waals surface area contributed by atoms with Crippen LogP contribution in [0.3, 0.4) is 0 Å². The summed E-state index contributed by atoms with van der Waals surface area (Å²) in [5, 5.41) is 5.57. The van der Waals surface area contributed by atoms with Crippen LogP contribution in [-0.4, -0.2) is 222 Å². The van der Waals surface area contributed by atoms with E-state index < -0.39 is 20.0 Å². The topological polar surface area (TPSA) is 259 Å². The molecule has 0 spiro atoms. The second-order valence-electron chi connectivity index (χ2n) is 22.7. The van der Waals surface area contributed by atoms with Crippen LogP contribution in [0.2, 0.25) is 0 Å². The zero-order valence-corrected chi connectivity index (χ0v) is 54.3. The van der Waals surface area contributed by atoms with Crippen molar-refractivity contribution < 1.29 is 78.5 Å². The number of nitrogens with one attached hydrogen (secondary N) is 4. The van der Waals surface area contributed by atoms with E-state index in [0.717, 1.165) is 39.0 Å². The summed E-state index contributed by atoms with van der Waals surface area (Å²) >= 11 is 0. The first-order chi connectivity index (χ1) is 44.5. The van der Waals surface area contributed by atoms with Crippen LogP contribution >= 0.6 is 0 Å². The Morgan fingerprint density at radius 1 is 0.374 bits per heavy atom. The van der Waals surface area contributed by atoms with Gasteiger partial charge in [-0.3, -0.25) is 19.4 Å². The number of hydrogen-bond acceptors (Lipinski definition) is 19. The minimum Gasteiger partial charge on any atom is -0.484 e. The van der Waals surface area contributed by atoms with Crippen molar-refractivity contribution >= 4 is 31.9 Å². The average molecular weight is 1310 g/mol. The van der Waals surface area contributed by atoms with Gasteiger partial charge in [-0.1, -0.05) is 61.4 Å². The Kier molecular flexibility index (Phi) is 31.6. The Hall–Kier alpha value is -5.20. The van der Waals surface area contributed by atoms with Crippen molar-refractivity contribution in [3.05, 3.63) is 119 Å². The number of piperidine rings is 2. The van der Waals surface area contributed by atoms with Crippen LogP contribution in [0, 0.1) is 0 Å².